The van der Waals surface area contributed by atoms with Gasteiger partial charge in [0, 0.05) is 36.8 Å². The smallest absolute Gasteiger partial charge is 0.372 e. The molecule has 2 aromatic carbocycles. The van der Waals surface area contributed by atoms with Gasteiger partial charge in [-0.15, -0.1) is 0 Å². The van der Waals surface area contributed by atoms with Crippen LogP contribution in [0.4, 0.5) is 11.5 Å². The van der Waals surface area contributed by atoms with Crippen molar-refractivity contribution in [2.75, 3.05) is 23.3 Å². The summed E-state index contributed by atoms with van der Waals surface area (Å²) in [7, 11) is 0. The Kier molecular flexibility index (Phi) is 4.93. The second-order valence-electron chi connectivity index (χ2n) is 6.55. The van der Waals surface area contributed by atoms with Crippen LogP contribution in [0.5, 0.6) is 0 Å². The highest BCUT2D eigenvalue weighted by Gasteiger charge is 2.17. The van der Waals surface area contributed by atoms with E-state index in [-0.39, 0.29) is 0 Å². The number of benzene rings is 2. The second-order valence-corrected chi connectivity index (χ2v) is 6.55. The van der Waals surface area contributed by atoms with Crippen molar-refractivity contribution in [2.45, 2.75) is 20.4 Å². The average Bonchev–Trinajstić information content (AvgIpc) is 2.72. The third-order valence-electron chi connectivity index (χ3n) is 4.83. The number of rotatable bonds is 6. The molecule has 0 bridgehead atoms. The lowest BCUT2D eigenvalue weighted by molar-refractivity contribution is 0.594. The molecule has 28 heavy (non-hydrogen) atoms. The van der Waals surface area contributed by atoms with Gasteiger partial charge in [-0.2, -0.15) is 9.97 Å². The van der Waals surface area contributed by atoms with E-state index >= 15 is 0 Å². The quantitative estimate of drug-likeness (QED) is 0.511. The van der Waals surface area contributed by atoms with Gasteiger partial charge >= 0.3 is 5.69 Å². The number of anilines is 2. The van der Waals surface area contributed by atoms with Gasteiger partial charge in [-0.1, -0.05) is 30.3 Å². The molecule has 0 saturated carbocycles. The summed E-state index contributed by atoms with van der Waals surface area (Å²) in [6.07, 6.45) is 0. The number of fused-ring (bicyclic) bond motifs is 2. The Balaban J connectivity index is 1.75. The van der Waals surface area contributed by atoms with Gasteiger partial charge in [0.05, 0.1) is 5.56 Å². The van der Waals surface area contributed by atoms with Crippen LogP contribution in [-0.2, 0) is 6.54 Å². The van der Waals surface area contributed by atoms with E-state index in [4.69, 9.17) is 4.42 Å². The molecule has 0 saturated heterocycles. The standard InChI is InChI=1S/C22H22N4O2/c1-3-26(4-2)17-11-10-16-12-18-20(23-14-15-8-6-5-7-9-15)24-22(27)25-21(18)28-19(16)13-17/h5-13H,3-4,14H2,1-2H3,(H,23,24,27). The molecular weight excluding hydrogens is 352 g/mol. The number of aromatic nitrogens is 2. The maximum atomic E-state index is 12.0. The summed E-state index contributed by atoms with van der Waals surface area (Å²) in [6, 6.07) is 18.0. The maximum absolute atomic E-state index is 12.0. The molecule has 2 aliphatic rings. The lowest BCUT2D eigenvalue weighted by atomic mass is 10.1. The van der Waals surface area contributed by atoms with E-state index in [1.54, 1.807) is 0 Å². The molecule has 0 aliphatic carbocycles. The molecule has 0 aromatic heterocycles. The summed E-state index contributed by atoms with van der Waals surface area (Å²) >= 11 is 0. The lowest BCUT2D eigenvalue weighted by Gasteiger charge is -2.21. The van der Waals surface area contributed by atoms with Crippen molar-refractivity contribution in [1.29, 1.82) is 0 Å². The highest BCUT2D eigenvalue weighted by Crippen LogP contribution is 2.32. The van der Waals surface area contributed by atoms with Crippen molar-refractivity contribution in [2.24, 2.45) is 0 Å². The van der Waals surface area contributed by atoms with Crippen LogP contribution in [0.1, 0.15) is 19.4 Å². The molecule has 2 aromatic rings. The SMILES string of the molecule is CCN(CC)c1ccc2cc3c(NCc4ccccc4)nc(=O)nc-3oc2c1. The molecule has 0 unspecified atom stereocenters. The van der Waals surface area contributed by atoms with Crippen LogP contribution < -0.4 is 15.9 Å². The van der Waals surface area contributed by atoms with Gasteiger partial charge in [0.25, 0.3) is 0 Å². The van der Waals surface area contributed by atoms with Gasteiger partial charge < -0.3 is 14.6 Å². The molecule has 0 spiro atoms. The normalized spacial score (nSPS) is 11.1. The molecule has 142 valence electrons. The Morgan fingerprint density at radius 3 is 2.54 bits per heavy atom. The van der Waals surface area contributed by atoms with Crippen LogP contribution in [0.2, 0.25) is 0 Å². The molecule has 4 rings (SSSR count). The summed E-state index contributed by atoms with van der Waals surface area (Å²) in [6.45, 7) is 6.62. The van der Waals surface area contributed by atoms with Crippen molar-refractivity contribution < 1.29 is 4.42 Å². The molecule has 2 heterocycles. The largest absolute Gasteiger partial charge is 0.437 e. The van der Waals surface area contributed by atoms with Crippen LogP contribution in [0.3, 0.4) is 0 Å². The number of nitrogens with zero attached hydrogens (tertiary/aromatic N) is 3. The Hall–Kier alpha value is -3.41. The summed E-state index contributed by atoms with van der Waals surface area (Å²) in [4.78, 5) is 22.2. The van der Waals surface area contributed by atoms with E-state index in [2.05, 4.69) is 40.1 Å². The van der Waals surface area contributed by atoms with Crippen LogP contribution in [0.15, 0.2) is 63.8 Å². The van der Waals surface area contributed by atoms with Gasteiger partial charge in [-0.25, -0.2) is 4.79 Å². The van der Waals surface area contributed by atoms with Crippen LogP contribution in [-0.4, -0.2) is 23.1 Å². The fourth-order valence-corrected chi connectivity index (χ4v) is 3.33. The van der Waals surface area contributed by atoms with Crippen molar-refractivity contribution >= 4 is 22.5 Å². The molecule has 2 aliphatic heterocycles. The first-order valence-electron chi connectivity index (χ1n) is 9.46. The minimum absolute atomic E-state index is 0.291. The zero-order valence-electron chi connectivity index (χ0n) is 16.0. The van der Waals surface area contributed by atoms with E-state index in [1.165, 1.54) is 0 Å². The molecule has 0 atom stereocenters. The molecular formula is C22H22N4O2. The number of hydrogen-bond acceptors (Lipinski definition) is 6. The first kappa shape index (κ1) is 18.0. The molecule has 0 amide bonds. The highest BCUT2D eigenvalue weighted by molar-refractivity contribution is 5.87. The zero-order valence-corrected chi connectivity index (χ0v) is 16.0. The molecule has 1 N–H and O–H groups in total. The van der Waals surface area contributed by atoms with E-state index in [1.807, 2.05) is 48.5 Å². The molecule has 0 radical (unpaired) electrons. The Labute approximate surface area is 163 Å². The minimum Gasteiger partial charge on any atom is -0.437 e. The predicted octanol–water partition coefficient (Wildman–Crippen LogP) is 4.15. The number of hydrogen-bond donors (Lipinski definition) is 1. The lowest BCUT2D eigenvalue weighted by Crippen LogP contribution is -2.21. The number of nitrogens with one attached hydrogen (secondary N) is 1. The van der Waals surface area contributed by atoms with Crippen LogP contribution in [0.25, 0.3) is 22.4 Å². The second kappa shape index (κ2) is 7.68. The summed E-state index contributed by atoms with van der Waals surface area (Å²) < 4.78 is 5.98. The molecule has 0 fully saturated rings. The van der Waals surface area contributed by atoms with Crippen LogP contribution >= 0.6 is 0 Å². The average molecular weight is 374 g/mol. The van der Waals surface area contributed by atoms with Gasteiger partial charge in [-0.05, 0) is 37.6 Å². The van der Waals surface area contributed by atoms with Gasteiger partial charge in [-0.3, -0.25) is 0 Å². The fourth-order valence-electron chi connectivity index (χ4n) is 3.33. The Morgan fingerprint density at radius 1 is 1.00 bits per heavy atom. The minimum atomic E-state index is -0.564. The van der Waals surface area contributed by atoms with E-state index < -0.39 is 5.69 Å². The van der Waals surface area contributed by atoms with E-state index in [0.29, 0.717) is 29.4 Å². The maximum Gasteiger partial charge on any atom is 0.372 e. The molecule has 6 heteroatoms. The Morgan fingerprint density at radius 2 is 1.79 bits per heavy atom. The first-order valence-corrected chi connectivity index (χ1v) is 9.46. The highest BCUT2D eigenvalue weighted by atomic mass is 16.3. The molecule has 6 nitrogen and oxygen atoms in total. The zero-order chi connectivity index (χ0) is 19.5. The van der Waals surface area contributed by atoms with Gasteiger partial charge in [0.15, 0.2) is 0 Å². The van der Waals surface area contributed by atoms with Crippen molar-refractivity contribution in [1.82, 2.24) is 9.97 Å². The third kappa shape index (κ3) is 3.53. The monoisotopic (exact) mass is 374 g/mol. The van der Waals surface area contributed by atoms with Crippen molar-refractivity contribution in [3.8, 4) is 11.5 Å². The third-order valence-corrected chi connectivity index (χ3v) is 4.83. The first-order chi connectivity index (χ1) is 13.7. The Bertz CT molecular complexity index is 1120. The van der Waals surface area contributed by atoms with E-state index in [9.17, 15) is 4.79 Å². The van der Waals surface area contributed by atoms with Gasteiger partial charge in [0.2, 0.25) is 5.89 Å². The van der Waals surface area contributed by atoms with Gasteiger partial charge in [0.1, 0.15) is 11.4 Å². The van der Waals surface area contributed by atoms with Crippen molar-refractivity contribution in [3.05, 3.63) is 70.6 Å². The van der Waals surface area contributed by atoms with Crippen LogP contribution in [0, 0.1) is 0 Å². The van der Waals surface area contributed by atoms with E-state index in [0.717, 1.165) is 29.7 Å². The topological polar surface area (TPSA) is 71.3 Å². The summed E-state index contributed by atoms with van der Waals surface area (Å²) in [5.41, 5.74) is 3.01. The summed E-state index contributed by atoms with van der Waals surface area (Å²) in [5, 5.41) is 4.18. The van der Waals surface area contributed by atoms with Crippen molar-refractivity contribution in [3.63, 3.8) is 0 Å². The predicted molar refractivity (Wildman–Crippen MR) is 112 cm³/mol. The fraction of sp³-hybridized carbons (Fsp3) is 0.227. The summed E-state index contributed by atoms with van der Waals surface area (Å²) in [5.74, 6) is 0.775.